The number of anilines is 1. The van der Waals surface area contributed by atoms with Gasteiger partial charge in [0, 0.05) is 33.2 Å². The van der Waals surface area contributed by atoms with Crippen molar-refractivity contribution in [3.8, 4) is 17.2 Å². The molecule has 8 nitrogen and oxygen atoms in total. The highest BCUT2D eigenvalue weighted by Gasteiger charge is 2.38. The van der Waals surface area contributed by atoms with Gasteiger partial charge in [-0.05, 0) is 60.1 Å². The van der Waals surface area contributed by atoms with Crippen LogP contribution in [-0.2, 0) is 9.59 Å². The van der Waals surface area contributed by atoms with E-state index in [1.54, 1.807) is 12.1 Å². The standard InChI is InChI=1S/C24H18BrN3O5/c1-13-17(21(25)14(2)27(13)15-6-4-3-5-7-15)11-18-22(29)26-24(31)28(23(18)30)16-8-9-19-20(10-16)33-12-32-19/h3-11H,12H2,1-2H3,(H,26,29,31)/b18-11+. The average molecular weight is 508 g/mol. The number of fused-ring (bicyclic) bond motifs is 1. The monoisotopic (exact) mass is 507 g/mol. The van der Waals surface area contributed by atoms with Gasteiger partial charge in [0.25, 0.3) is 11.8 Å². The third-order valence-electron chi connectivity index (χ3n) is 5.63. The smallest absolute Gasteiger partial charge is 0.335 e. The normalized spacial score (nSPS) is 16.5. The molecule has 1 saturated heterocycles. The molecule has 2 aliphatic rings. The number of carbonyl (C=O) groups excluding carboxylic acids is 3. The molecule has 0 unspecified atom stereocenters. The van der Waals surface area contributed by atoms with E-state index in [1.807, 2.05) is 48.7 Å². The molecule has 1 fully saturated rings. The van der Waals surface area contributed by atoms with Gasteiger partial charge < -0.3 is 14.0 Å². The van der Waals surface area contributed by atoms with E-state index in [-0.39, 0.29) is 18.1 Å². The Bertz CT molecular complexity index is 1360. The van der Waals surface area contributed by atoms with E-state index in [2.05, 4.69) is 21.2 Å². The number of ether oxygens (including phenoxy) is 2. The minimum atomic E-state index is -0.824. The van der Waals surface area contributed by atoms with Crippen LogP contribution in [0.4, 0.5) is 10.5 Å². The van der Waals surface area contributed by atoms with E-state index in [1.165, 1.54) is 12.1 Å². The van der Waals surface area contributed by atoms with Crippen molar-refractivity contribution in [2.24, 2.45) is 0 Å². The Kier molecular flexibility index (Phi) is 5.05. The van der Waals surface area contributed by atoms with E-state index in [0.717, 1.165) is 26.4 Å². The molecule has 9 heteroatoms. The first kappa shape index (κ1) is 21.0. The van der Waals surface area contributed by atoms with Crippen molar-refractivity contribution in [3.05, 3.63) is 75.5 Å². The number of hydrogen-bond donors (Lipinski definition) is 1. The van der Waals surface area contributed by atoms with Crippen LogP contribution in [0, 0.1) is 13.8 Å². The fourth-order valence-electron chi connectivity index (χ4n) is 4.02. The molecule has 3 aromatic rings. The lowest BCUT2D eigenvalue weighted by Gasteiger charge is -2.26. The number of barbiturate groups is 1. The molecule has 0 spiro atoms. The van der Waals surface area contributed by atoms with Gasteiger partial charge in [0.1, 0.15) is 5.57 Å². The predicted octanol–water partition coefficient (Wildman–Crippen LogP) is 4.25. The molecule has 1 aromatic heterocycles. The molecular formula is C24H18BrN3O5. The Morgan fingerprint density at radius 3 is 2.42 bits per heavy atom. The Labute approximate surface area is 197 Å². The van der Waals surface area contributed by atoms with Gasteiger partial charge in [0.05, 0.1) is 5.69 Å². The lowest BCUT2D eigenvalue weighted by atomic mass is 10.1. The van der Waals surface area contributed by atoms with Gasteiger partial charge in [-0.1, -0.05) is 18.2 Å². The first-order valence-electron chi connectivity index (χ1n) is 10.1. The van der Waals surface area contributed by atoms with E-state index in [0.29, 0.717) is 17.1 Å². The molecule has 0 atom stereocenters. The zero-order valence-corrected chi connectivity index (χ0v) is 19.3. The van der Waals surface area contributed by atoms with Gasteiger partial charge in [-0.25, -0.2) is 9.69 Å². The summed E-state index contributed by atoms with van der Waals surface area (Å²) >= 11 is 3.60. The number of urea groups is 1. The summed E-state index contributed by atoms with van der Waals surface area (Å²) in [7, 11) is 0. The van der Waals surface area contributed by atoms with Gasteiger partial charge in [-0.3, -0.25) is 14.9 Å². The number of rotatable bonds is 3. The van der Waals surface area contributed by atoms with Crippen molar-refractivity contribution in [2.45, 2.75) is 13.8 Å². The minimum absolute atomic E-state index is 0.0631. The van der Waals surface area contributed by atoms with Gasteiger partial charge in [-0.15, -0.1) is 0 Å². The molecule has 5 rings (SSSR count). The number of hydrogen-bond acceptors (Lipinski definition) is 5. The van der Waals surface area contributed by atoms with E-state index < -0.39 is 17.8 Å². The average Bonchev–Trinajstić information content (AvgIpc) is 3.34. The predicted molar refractivity (Wildman–Crippen MR) is 125 cm³/mol. The lowest BCUT2D eigenvalue weighted by molar-refractivity contribution is -0.122. The Balaban J connectivity index is 1.58. The summed E-state index contributed by atoms with van der Waals surface area (Å²) < 4.78 is 13.4. The van der Waals surface area contributed by atoms with Crippen LogP contribution in [0.5, 0.6) is 11.5 Å². The molecule has 0 bridgehead atoms. The van der Waals surface area contributed by atoms with Crippen LogP contribution in [0.25, 0.3) is 11.8 Å². The van der Waals surface area contributed by atoms with Gasteiger partial charge in [0.15, 0.2) is 11.5 Å². The van der Waals surface area contributed by atoms with E-state index in [4.69, 9.17) is 9.47 Å². The number of halogens is 1. The number of para-hydroxylation sites is 1. The fourth-order valence-corrected chi connectivity index (χ4v) is 4.60. The summed E-state index contributed by atoms with van der Waals surface area (Å²) in [6.07, 6.45) is 1.51. The number of imide groups is 2. The Hall–Kier alpha value is -3.85. The van der Waals surface area contributed by atoms with Crippen LogP contribution in [-0.4, -0.2) is 29.2 Å². The summed E-state index contributed by atoms with van der Waals surface area (Å²) in [6.45, 7) is 3.91. The molecule has 2 aliphatic heterocycles. The van der Waals surface area contributed by atoms with E-state index in [9.17, 15) is 14.4 Å². The van der Waals surface area contributed by atoms with Crippen molar-refractivity contribution < 1.29 is 23.9 Å². The van der Waals surface area contributed by atoms with Crippen LogP contribution in [0.15, 0.2) is 58.6 Å². The van der Waals surface area contributed by atoms with Gasteiger partial charge >= 0.3 is 6.03 Å². The number of nitrogens with zero attached hydrogens (tertiary/aromatic N) is 2. The summed E-state index contributed by atoms with van der Waals surface area (Å²) in [5.74, 6) is -0.533. The molecule has 2 aromatic carbocycles. The first-order chi connectivity index (χ1) is 15.9. The number of amides is 4. The molecule has 3 heterocycles. The van der Waals surface area contributed by atoms with Crippen LogP contribution in [0.3, 0.4) is 0 Å². The molecule has 166 valence electrons. The minimum Gasteiger partial charge on any atom is -0.454 e. The van der Waals surface area contributed by atoms with Crippen molar-refractivity contribution >= 4 is 45.5 Å². The number of aromatic nitrogens is 1. The van der Waals surface area contributed by atoms with Crippen LogP contribution >= 0.6 is 15.9 Å². The van der Waals surface area contributed by atoms with Crippen LogP contribution < -0.4 is 19.7 Å². The fraction of sp³-hybridized carbons (Fsp3) is 0.125. The maximum atomic E-state index is 13.3. The number of nitrogens with one attached hydrogen (secondary N) is 1. The molecular weight excluding hydrogens is 490 g/mol. The summed E-state index contributed by atoms with van der Waals surface area (Å²) in [4.78, 5) is 39.4. The topological polar surface area (TPSA) is 89.9 Å². The zero-order valence-electron chi connectivity index (χ0n) is 17.7. The lowest BCUT2D eigenvalue weighted by Crippen LogP contribution is -2.54. The zero-order chi connectivity index (χ0) is 23.3. The first-order valence-corrected chi connectivity index (χ1v) is 10.9. The number of carbonyl (C=O) groups is 3. The molecule has 0 radical (unpaired) electrons. The van der Waals surface area contributed by atoms with Gasteiger partial charge in [-0.2, -0.15) is 0 Å². The van der Waals surface area contributed by atoms with Crippen LogP contribution in [0.2, 0.25) is 0 Å². The highest BCUT2D eigenvalue weighted by molar-refractivity contribution is 9.10. The highest BCUT2D eigenvalue weighted by Crippen LogP contribution is 2.37. The van der Waals surface area contributed by atoms with Crippen molar-refractivity contribution in [3.63, 3.8) is 0 Å². The molecule has 0 aliphatic carbocycles. The van der Waals surface area contributed by atoms with Crippen molar-refractivity contribution in [1.29, 1.82) is 0 Å². The maximum Gasteiger partial charge on any atom is 0.335 e. The third kappa shape index (κ3) is 3.41. The van der Waals surface area contributed by atoms with E-state index >= 15 is 0 Å². The van der Waals surface area contributed by atoms with Crippen molar-refractivity contribution in [1.82, 2.24) is 9.88 Å². The SMILES string of the molecule is Cc1c(Br)c(/C=C2\C(=O)NC(=O)N(c3ccc4c(c3)OCO4)C2=O)c(C)n1-c1ccccc1. The molecule has 0 saturated carbocycles. The summed E-state index contributed by atoms with van der Waals surface area (Å²) in [5.41, 5.74) is 3.50. The second kappa shape index (κ2) is 7.93. The Morgan fingerprint density at radius 1 is 0.939 bits per heavy atom. The highest BCUT2D eigenvalue weighted by atomic mass is 79.9. The molecule has 1 N–H and O–H groups in total. The summed E-state index contributed by atoms with van der Waals surface area (Å²) in [6, 6.07) is 13.6. The largest absolute Gasteiger partial charge is 0.454 e. The molecule has 4 amide bonds. The van der Waals surface area contributed by atoms with Crippen molar-refractivity contribution in [2.75, 3.05) is 11.7 Å². The third-order valence-corrected chi connectivity index (χ3v) is 6.63. The second-order valence-corrected chi connectivity index (χ2v) is 8.36. The Morgan fingerprint density at radius 2 is 1.67 bits per heavy atom. The second-order valence-electron chi connectivity index (χ2n) is 7.56. The quantitative estimate of drug-likeness (QED) is 0.422. The number of benzene rings is 2. The maximum absolute atomic E-state index is 13.3. The molecule has 33 heavy (non-hydrogen) atoms. The van der Waals surface area contributed by atoms with Gasteiger partial charge in [0.2, 0.25) is 6.79 Å². The summed E-state index contributed by atoms with van der Waals surface area (Å²) in [5, 5.41) is 2.25. The van der Waals surface area contributed by atoms with Crippen LogP contribution in [0.1, 0.15) is 17.0 Å².